The summed E-state index contributed by atoms with van der Waals surface area (Å²) in [4.78, 5) is 11.1. The van der Waals surface area contributed by atoms with E-state index in [1.165, 1.54) is 18.2 Å². The zero-order valence-corrected chi connectivity index (χ0v) is 13.1. The Kier molecular flexibility index (Phi) is 3.99. The lowest BCUT2D eigenvalue weighted by Crippen LogP contribution is -2.30. The van der Waals surface area contributed by atoms with Gasteiger partial charge in [0.05, 0.1) is 11.3 Å². The van der Waals surface area contributed by atoms with Crippen LogP contribution in [0.1, 0.15) is 44.0 Å². The van der Waals surface area contributed by atoms with Crippen LogP contribution in [0.2, 0.25) is 0 Å². The van der Waals surface area contributed by atoms with E-state index in [4.69, 9.17) is 5.11 Å². The summed E-state index contributed by atoms with van der Waals surface area (Å²) in [6.07, 6.45) is 1.64. The van der Waals surface area contributed by atoms with Gasteiger partial charge < -0.3 is 10.4 Å². The molecule has 0 saturated heterocycles. The first-order chi connectivity index (χ1) is 9.58. The maximum absolute atomic E-state index is 12.4. The highest BCUT2D eigenvalue weighted by atomic mass is 32.2. The van der Waals surface area contributed by atoms with Crippen LogP contribution in [0.15, 0.2) is 23.1 Å². The highest BCUT2D eigenvalue weighted by Gasteiger charge is 2.30. The van der Waals surface area contributed by atoms with Crippen LogP contribution in [0.25, 0.3) is 0 Å². The molecule has 7 heteroatoms. The van der Waals surface area contributed by atoms with Crippen molar-refractivity contribution in [2.45, 2.75) is 50.1 Å². The van der Waals surface area contributed by atoms with Gasteiger partial charge in [0.25, 0.3) is 0 Å². The second-order valence-electron chi connectivity index (χ2n) is 6.29. The lowest BCUT2D eigenvalue weighted by atomic mass is 10.1. The number of rotatable bonds is 5. The average Bonchev–Trinajstić information content (AvgIpc) is 3.10. The number of hydrogen-bond acceptors (Lipinski definition) is 4. The van der Waals surface area contributed by atoms with E-state index in [0.29, 0.717) is 5.69 Å². The smallest absolute Gasteiger partial charge is 0.335 e. The van der Waals surface area contributed by atoms with Gasteiger partial charge in [-0.1, -0.05) is 0 Å². The Morgan fingerprint density at radius 1 is 1.29 bits per heavy atom. The molecule has 0 aromatic heterocycles. The molecule has 1 aliphatic carbocycles. The molecule has 0 bridgehead atoms. The maximum Gasteiger partial charge on any atom is 0.335 e. The Morgan fingerprint density at radius 3 is 2.38 bits per heavy atom. The van der Waals surface area contributed by atoms with Gasteiger partial charge in [0.15, 0.2) is 0 Å². The van der Waals surface area contributed by atoms with Crippen LogP contribution in [0.5, 0.6) is 0 Å². The van der Waals surface area contributed by atoms with Crippen molar-refractivity contribution in [3.63, 3.8) is 0 Å². The SMILES string of the molecule is CC(C)(C)Nc1ccc(C(=O)O)cc1S(=O)(=O)NC1CC1. The summed E-state index contributed by atoms with van der Waals surface area (Å²) in [6.45, 7) is 5.72. The number of carboxylic acid groups (broad SMARTS) is 1. The second kappa shape index (κ2) is 5.31. The van der Waals surface area contributed by atoms with E-state index in [0.717, 1.165) is 12.8 Å². The molecule has 3 N–H and O–H groups in total. The molecule has 1 aromatic carbocycles. The monoisotopic (exact) mass is 312 g/mol. The van der Waals surface area contributed by atoms with Gasteiger partial charge in [0.1, 0.15) is 4.90 Å². The first kappa shape index (κ1) is 15.8. The highest BCUT2D eigenvalue weighted by molar-refractivity contribution is 7.89. The third kappa shape index (κ3) is 4.18. The molecular formula is C14H20N2O4S. The Hall–Kier alpha value is -1.60. The third-order valence-electron chi connectivity index (χ3n) is 2.93. The van der Waals surface area contributed by atoms with E-state index in [9.17, 15) is 13.2 Å². The van der Waals surface area contributed by atoms with Crippen molar-refractivity contribution in [3.05, 3.63) is 23.8 Å². The minimum absolute atomic E-state index is 0.0239. The highest BCUT2D eigenvalue weighted by Crippen LogP contribution is 2.28. The van der Waals surface area contributed by atoms with Crippen LogP contribution in [0.4, 0.5) is 5.69 Å². The summed E-state index contributed by atoms with van der Waals surface area (Å²) < 4.78 is 27.4. The molecule has 0 amide bonds. The van der Waals surface area contributed by atoms with Gasteiger partial charge in [-0.2, -0.15) is 0 Å². The van der Waals surface area contributed by atoms with Crippen molar-refractivity contribution in [3.8, 4) is 0 Å². The van der Waals surface area contributed by atoms with Crippen molar-refractivity contribution < 1.29 is 18.3 Å². The van der Waals surface area contributed by atoms with Gasteiger partial charge in [-0.3, -0.25) is 0 Å². The van der Waals surface area contributed by atoms with Gasteiger partial charge >= 0.3 is 5.97 Å². The number of benzene rings is 1. The van der Waals surface area contributed by atoms with Crippen LogP contribution < -0.4 is 10.0 Å². The van der Waals surface area contributed by atoms with E-state index in [1.54, 1.807) is 0 Å². The number of sulfonamides is 1. The number of hydrogen-bond donors (Lipinski definition) is 3. The molecule has 6 nitrogen and oxygen atoms in total. The quantitative estimate of drug-likeness (QED) is 0.773. The molecule has 0 aliphatic heterocycles. The van der Waals surface area contributed by atoms with E-state index < -0.39 is 16.0 Å². The number of carbonyl (C=O) groups is 1. The Morgan fingerprint density at radius 2 is 1.90 bits per heavy atom. The maximum atomic E-state index is 12.4. The van der Waals surface area contributed by atoms with Gasteiger partial charge in [-0.25, -0.2) is 17.9 Å². The molecule has 2 rings (SSSR count). The van der Waals surface area contributed by atoms with E-state index in [1.807, 2.05) is 20.8 Å². The van der Waals surface area contributed by atoms with E-state index in [-0.39, 0.29) is 22.0 Å². The molecule has 1 aliphatic rings. The molecule has 0 heterocycles. The van der Waals surface area contributed by atoms with E-state index >= 15 is 0 Å². The van der Waals surface area contributed by atoms with Crippen LogP contribution in [-0.2, 0) is 10.0 Å². The predicted octanol–water partition coefficient (Wildman–Crippen LogP) is 2.04. The van der Waals surface area contributed by atoms with Gasteiger partial charge in [0.2, 0.25) is 10.0 Å². The van der Waals surface area contributed by atoms with E-state index in [2.05, 4.69) is 10.0 Å². The zero-order chi connectivity index (χ0) is 15.8. The van der Waals surface area contributed by atoms with Gasteiger partial charge in [0, 0.05) is 11.6 Å². The summed E-state index contributed by atoms with van der Waals surface area (Å²) >= 11 is 0. The molecule has 1 saturated carbocycles. The number of anilines is 1. The van der Waals surface area contributed by atoms with Gasteiger partial charge in [-0.05, 0) is 51.8 Å². The van der Waals surface area contributed by atoms with Crippen molar-refractivity contribution in [1.29, 1.82) is 0 Å². The van der Waals surface area contributed by atoms with Crippen LogP contribution >= 0.6 is 0 Å². The fourth-order valence-electron chi connectivity index (χ4n) is 1.87. The molecule has 0 atom stereocenters. The summed E-state index contributed by atoms with van der Waals surface area (Å²) in [6, 6.07) is 4.05. The molecule has 0 unspecified atom stereocenters. The van der Waals surface area contributed by atoms with Crippen molar-refractivity contribution >= 4 is 21.7 Å². The normalized spacial score (nSPS) is 15.8. The second-order valence-corrected chi connectivity index (χ2v) is 7.97. The lowest BCUT2D eigenvalue weighted by molar-refractivity contribution is 0.0696. The number of aromatic carboxylic acids is 1. The van der Waals surface area contributed by atoms with Crippen LogP contribution in [-0.4, -0.2) is 31.1 Å². The summed E-state index contributed by atoms with van der Waals surface area (Å²) in [5, 5.41) is 12.2. The Labute approximate surface area is 124 Å². The molecule has 21 heavy (non-hydrogen) atoms. The molecule has 1 fully saturated rings. The molecular weight excluding hydrogens is 292 g/mol. The average molecular weight is 312 g/mol. The molecule has 1 aromatic rings. The van der Waals surface area contributed by atoms with Crippen molar-refractivity contribution in [1.82, 2.24) is 4.72 Å². The number of nitrogens with one attached hydrogen (secondary N) is 2. The minimum Gasteiger partial charge on any atom is -0.478 e. The standard InChI is InChI=1S/C14H20N2O4S/c1-14(2,3)15-11-7-4-9(13(17)18)8-12(11)21(19,20)16-10-5-6-10/h4,7-8,10,15-16H,5-6H2,1-3H3,(H,17,18). The fourth-order valence-corrected chi connectivity index (χ4v) is 3.36. The summed E-state index contributed by atoms with van der Waals surface area (Å²) in [5.41, 5.74) is 0.0143. The predicted molar refractivity (Wildman–Crippen MR) is 80.1 cm³/mol. The molecule has 116 valence electrons. The zero-order valence-electron chi connectivity index (χ0n) is 12.3. The molecule has 0 radical (unpaired) electrons. The lowest BCUT2D eigenvalue weighted by Gasteiger charge is -2.24. The Bertz CT molecular complexity index is 658. The molecule has 0 spiro atoms. The van der Waals surface area contributed by atoms with Crippen molar-refractivity contribution in [2.75, 3.05) is 5.32 Å². The fraction of sp³-hybridized carbons (Fsp3) is 0.500. The number of carboxylic acids is 1. The van der Waals surface area contributed by atoms with Crippen LogP contribution in [0, 0.1) is 0 Å². The van der Waals surface area contributed by atoms with Crippen molar-refractivity contribution in [2.24, 2.45) is 0 Å². The Balaban J connectivity index is 2.47. The third-order valence-corrected chi connectivity index (χ3v) is 4.49. The summed E-state index contributed by atoms with van der Waals surface area (Å²) in [7, 11) is -3.73. The van der Waals surface area contributed by atoms with Crippen LogP contribution in [0.3, 0.4) is 0 Å². The first-order valence-electron chi connectivity index (χ1n) is 6.76. The summed E-state index contributed by atoms with van der Waals surface area (Å²) in [5.74, 6) is -1.15. The van der Waals surface area contributed by atoms with Gasteiger partial charge in [-0.15, -0.1) is 0 Å². The topological polar surface area (TPSA) is 95.5 Å². The first-order valence-corrected chi connectivity index (χ1v) is 8.25. The minimum atomic E-state index is -3.73. The largest absolute Gasteiger partial charge is 0.478 e.